The summed E-state index contributed by atoms with van der Waals surface area (Å²) in [7, 11) is 0. The third-order valence-electron chi connectivity index (χ3n) is 3.37. The Bertz CT molecular complexity index is 499. The highest BCUT2D eigenvalue weighted by Gasteiger charge is 2.48. The van der Waals surface area contributed by atoms with Gasteiger partial charge in [0.1, 0.15) is 0 Å². The first kappa shape index (κ1) is 14.2. The summed E-state index contributed by atoms with van der Waals surface area (Å²) in [4.78, 5) is 46.8. The van der Waals surface area contributed by atoms with Gasteiger partial charge in [0.2, 0.25) is 11.8 Å². The molecule has 1 saturated heterocycles. The molecule has 0 spiro atoms. The molecule has 7 heteroatoms. The summed E-state index contributed by atoms with van der Waals surface area (Å²) in [5.41, 5.74) is 0. The maximum absolute atomic E-state index is 12.4. The summed E-state index contributed by atoms with van der Waals surface area (Å²) < 4.78 is 5.04. The van der Waals surface area contributed by atoms with Crippen molar-refractivity contribution in [2.75, 3.05) is 0 Å². The first-order valence-corrected chi connectivity index (χ1v) is 6.32. The van der Waals surface area contributed by atoms with Gasteiger partial charge in [-0.1, -0.05) is 12.2 Å². The van der Waals surface area contributed by atoms with E-state index in [-0.39, 0.29) is 12.0 Å². The molecule has 3 amide bonds. The lowest BCUT2D eigenvalue weighted by Gasteiger charge is -2.41. The average Bonchev–Trinajstić information content (AvgIpc) is 2.74. The second-order valence-corrected chi connectivity index (χ2v) is 4.91. The van der Waals surface area contributed by atoms with Crippen LogP contribution in [0.5, 0.6) is 0 Å². The lowest BCUT2D eigenvalue weighted by Crippen LogP contribution is -2.61. The van der Waals surface area contributed by atoms with Crippen LogP contribution in [0.25, 0.3) is 0 Å². The molecular formula is C13H16N2O5. The van der Waals surface area contributed by atoms with Crippen molar-refractivity contribution in [1.29, 1.82) is 0 Å². The van der Waals surface area contributed by atoms with E-state index in [1.807, 2.05) is 0 Å². The number of hydrogen-bond donors (Lipinski definition) is 0. The molecule has 0 aromatic rings. The van der Waals surface area contributed by atoms with Crippen molar-refractivity contribution in [2.45, 2.75) is 39.3 Å². The third kappa shape index (κ3) is 2.31. The number of carbonyl (C=O) groups is 4. The van der Waals surface area contributed by atoms with E-state index in [1.165, 1.54) is 20.8 Å². The van der Waals surface area contributed by atoms with Crippen LogP contribution >= 0.6 is 0 Å². The number of amides is 3. The second kappa shape index (κ2) is 5.07. The van der Waals surface area contributed by atoms with E-state index in [1.54, 1.807) is 12.2 Å². The first-order valence-electron chi connectivity index (χ1n) is 6.32. The molecule has 2 bridgehead atoms. The van der Waals surface area contributed by atoms with Crippen LogP contribution in [-0.2, 0) is 23.9 Å². The minimum atomic E-state index is -0.983. The van der Waals surface area contributed by atoms with Gasteiger partial charge in [-0.15, -0.1) is 0 Å². The largest absolute Gasteiger partial charge is 0.452 e. The zero-order chi connectivity index (χ0) is 15.0. The number of carbonyl (C=O) groups excluding carboxylic acids is 4. The fourth-order valence-electron chi connectivity index (χ4n) is 2.68. The fourth-order valence-corrected chi connectivity index (χ4v) is 2.68. The Morgan fingerprint density at radius 1 is 1.20 bits per heavy atom. The van der Waals surface area contributed by atoms with E-state index in [2.05, 4.69) is 0 Å². The van der Waals surface area contributed by atoms with Crippen LogP contribution in [-0.4, -0.2) is 45.9 Å². The van der Waals surface area contributed by atoms with Gasteiger partial charge in [0.05, 0.1) is 6.04 Å². The Labute approximate surface area is 116 Å². The second-order valence-electron chi connectivity index (χ2n) is 4.91. The van der Waals surface area contributed by atoms with Gasteiger partial charge in [-0.05, 0) is 6.42 Å². The van der Waals surface area contributed by atoms with Crippen molar-refractivity contribution in [3.8, 4) is 0 Å². The Hall–Kier alpha value is -2.18. The van der Waals surface area contributed by atoms with Gasteiger partial charge in [-0.3, -0.25) is 19.2 Å². The molecular weight excluding hydrogens is 264 g/mol. The predicted molar refractivity (Wildman–Crippen MR) is 66.6 cm³/mol. The zero-order valence-electron chi connectivity index (χ0n) is 11.5. The number of imide groups is 1. The topological polar surface area (TPSA) is 84.0 Å². The summed E-state index contributed by atoms with van der Waals surface area (Å²) in [5.74, 6) is -2.41. The van der Waals surface area contributed by atoms with Crippen LogP contribution in [0.1, 0.15) is 27.2 Å². The van der Waals surface area contributed by atoms with E-state index < -0.39 is 29.8 Å². The van der Waals surface area contributed by atoms with E-state index >= 15 is 0 Å². The molecule has 0 aromatic heterocycles. The minimum Gasteiger partial charge on any atom is -0.452 e. The normalized spacial score (nSPS) is 27.4. The van der Waals surface area contributed by atoms with E-state index in [4.69, 9.17) is 4.74 Å². The fraction of sp³-hybridized carbons (Fsp3) is 0.538. The smallest absolute Gasteiger partial charge is 0.303 e. The Balaban J connectivity index is 2.34. The highest BCUT2D eigenvalue weighted by Crippen LogP contribution is 2.34. The summed E-state index contributed by atoms with van der Waals surface area (Å²) in [6, 6.07) is -0.355. The van der Waals surface area contributed by atoms with Crippen molar-refractivity contribution in [1.82, 2.24) is 10.0 Å². The molecule has 0 unspecified atom stereocenters. The Morgan fingerprint density at radius 2 is 1.80 bits per heavy atom. The summed E-state index contributed by atoms with van der Waals surface area (Å²) in [6.07, 6.45) is 3.09. The summed E-state index contributed by atoms with van der Waals surface area (Å²) in [5, 5.41) is 1.90. The zero-order valence-corrected chi connectivity index (χ0v) is 11.5. The van der Waals surface area contributed by atoms with Crippen molar-refractivity contribution < 1.29 is 23.9 Å². The summed E-state index contributed by atoms with van der Waals surface area (Å²) in [6.45, 7) is 3.64. The maximum atomic E-state index is 12.4. The van der Waals surface area contributed by atoms with Gasteiger partial charge in [-0.2, -0.15) is 5.01 Å². The highest BCUT2D eigenvalue weighted by molar-refractivity contribution is 5.97. The monoisotopic (exact) mass is 280 g/mol. The molecule has 1 aliphatic heterocycles. The quantitative estimate of drug-likeness (QED) is 0.525. The van der Waals surface area contributed by atoms with Gasteiger partial charge in [0.25, 0.3) is 5.91 Å². The molecule has 2 aliphatic rings. The van der Waals surface area contributed by atoms with Crippen molar-refractivity contribution in [3.63, 3.8) is 0 Å². The van der Waals surface area contributed by atoms with Crippen molar-refractivity contribution in [3.05, 3.63) is 12.2 Å². The lowest BCUT2D eigenvalue weighted by atomic mass is 9.95. The van der Waals surface area contributed by atoms with Gasteiger partial charge in [0, 0.05) is 26.7 Å². The number of nitrogens with zero attached hydrogens (tertiary/aromatic N) is 2. The molecule has 0 radical (unpaired) electrons. The van der Waals surface area contributed by atoms with E-state index in [0.717, 1.165) is 10.0 Å². The average molecular weight is 280 g/mol. The summed E-state index contributed by atoms with van der Waals surface area (Å²) >= 11 is 0. The van der Waals surface area contributed by atoms with Crippen molar-refractivity contribution >= 4 is 23.7 Å². The van der Waals surface area contributed by atoms with Crippen LogP contribution in [0, 0.1) is 5.92 Å². The van der Waals surface area contributed by atoms with Gasteiger partial charge >= 0.3 is 5.97 Å². The molecule has 3 atom stereocenters. The number of ether oxygens (including phenoxy) is 1. The molecule has 1 heterocycles. The first-order chi connectivity index (χ1) is 9.32. The number of hydrogen-bond acceptors (Lipinski definition) is 5. The molecule has 0 saturated carbocycles. The van der Waals surface area contributed by atoms with Crippen LogP contribution in [0.15, 0.2) is 12.2 Å². The standard InChI is InChI=1S/C13H16N2O5/c1-7(16)14(8(2)17)15-11-5-4-10(6-11)12(13(15)19)20-9(3)18/h4-5,10-12H,6H2,1-3H3/t10-,11+,12+/m1/s1. The van der Waals surface area contributed by atoms with Gasteiger partial charge < -0.3 is 4.74 Å². The number of hydrazine groups is 1. The van der Waals surface area contributed by atoms with Crippen molar-refractivity contribution in [2.24, 2.45) is 5.92 Å². The minimum absolute atomic E-state index is 0.201. The number of piperidine rings is 1. The van der Waals surface area contributed by atoms with Crippen LogP contribution < -0.4 is 0 Å². The number of rotatable bonds is 2. The Kier molecular flexibility index (Phi) is 3.61. The molecule has 1 aliphatic carbocycles. The molecule has 7 nitrogen and oxygen atoms in total. The maximum Gasteiger partial charge on any atom is 0.303 e. The number of esters is 1. The third-order valence-corrected chi connectivity index (χ3v) is 3.37. The SMILES string of the molecule is CC(=O)O[C@@H]1C(=O)N(N(C(C)=O)C(C)=O)[C@H]2C=C[C@@H]1C2. The van der Waals surface area contributed by atoms with Crippen LogP contribution in [0.3, 0.4) is 0 Å². The molecule has 2 rings (SSSR count). The van der Waals surface area contributed by atoms with Gasteiger partial charge in [0.15, 0.2) is 6.10 Å². The predicted octanol–water partition coefficient (Wildman–Crippen LogP) is 0.0150. The Morgan fingerprint density at radius 3 is 2.30 bits per heavy atom. The van der Waals surface area contributed by atoms with E-state index in [0.29, 0.717) is 6.42 Å². The molecule has 1 fully saturated rings. The molecule has 0 N–H and O–H groups in total. The van der Waals surface area contributed by atoms with E-state index in [9.17, 15) is 19.2 Å². The molecule has 20 heavy (non-hydrogen) atoms. The van der Waals surface area contributed by atoms with Crippen LogP contribution in [0.2, 0.25) is 0 Å². The van der Waals surface area contributed by atoms with Crippen LogP contribution in [0.4, 0.5) is 0 Å². The molecule has 0 aromatic carbocycles. The lowest BCUT2D eigenvalue weighted by molar-refractivity contribution is -0.188. The number of fused-ring (bicyclic) bond motifs is 2. The molecule has 108 valence electrons. The highest BCUT2D eigenvalue weighted by atomic mass is 16.5. The van der Waals surface area contributed by atoms with Gasteiger partial charge in [-0.25, -0.2) is 5.01 Å².